The largest absolute Gasteiger partial charge is 0.309 e. The molecular weight excluding hydrogens is 262 g/mol. The molecule has 102 valence electrons. The van der Waals surface area contributed by atoms with Crippen molar-refractivity contribution in [1.29, 1.82) is 0 Å². The molecule has 0 radical (unpaired) electrons. The molecule has 0 aromatic carbocycles. The van der Waals surface area contributed by atoms with Gasteiger partial charge in [-0.15, -0.1) is 11.3 Å². The van der Waals surface area contributed by atoms with E-state index >= 15 is 0 Å². The quantitative estimate of drug-likeness (QED) is 0.791. The molecule has 1 aliphatic rings. The number of halogens is 1. The predicted octanol–water partition coefficient (Wildman–Crippen LogP) is 5.12. The van der Waals surface area contributed by atoms with Crippen molar-refractivity contribution in [2.75, 3.05) is 6.54 Å². The molecule has 0 spiro atoms. The summed E-state index contributed by atoms with van der Waals surface area (Å²) in [5.74, 6) is 0.660. The average Bonchev–Trinajstić information content (AvgIpc) is 2.64. The van der Waals surface area contributed by atoms with E-state index in [2.05, 4.69) is 45.3 Å². The SMILES string of the molecule is CCCNC(c1sccc1Cl)C1C(C)(C)C1(C)C. The van der Waals surface area contributed by atoms with Gasteiger partial charge in [0.15, 0.2) is 0 Å². The van der Waals surface area contributed by atoms with Crippen LogP contribution in [0.5, 0.6) is 0 Å². The van der Waals surface area contributed by atoms with Gasteiger partial charge in [0.2, 0.25) is 0 Å². The van der Waals surface area contributed by atoms with Crippen LogP contribution in [-0.4, -0.2) is 6.54 Å². The Labute approximate surface area is 120 Å². The molecule has 0 amide bonds. The first kappa shape index (κ1) is 14.4. The fourth-order valence-electron chi connectivity index (χ4n) is 3.27. The number of hydrogen-bond donors (Lipinski definition) is 1. The van der Waals surface area contributed by atoms with Gasteiger partial charge in [-0.1, -0.05) is 46.2 Å². The second-order valence-electron chi connectivity index (χ2n) is 6.49. The van der Waals surface area contributed by atoms with E-state index in [1.807, 2.05) is 6.07 Å². The molecule has 1 aromatic heterocycles. The maximum Gasteiger partial charge on any atom is 0.0561 e. The molecule has 1 nitrogen and oxygen atoms in total. The van der Waals surface area contributed by atoms with Gasteiger partial charge in [0.05, 0.1) is 5.02 Å². The van der Waals surface area contributed by atoms with Crippen LogP contribution in [0.4, 0.5) is 0 Å². The van der Waals surface area contributed by atoms with E-state index < -0.39 is 0 Å². The molecular formula is C15H24ClNS. The standard InChI is InChI=1S/C15H24ClNS/c1-6-8-17-11(12-10(16)7-9-18-12)13-14(2,3)15(13,4)5/h7,9,11,13,17H,6,8H2,1-5H3. The summed E-state index contributed by atoms with van der Waals surface area (Å²) in [6, 6.07) is 2.42. The van der Waals surface area contributed by atoms with E-state index in [-0.39, 0.29) is 0 Å². The Hall–Kier alpha value is -0.0500. The van der Waals surface area contributed by atoms with Crippen LogP contribution in [0.1, 0.15) is 52.0 Å². The monoisotopic (exact) mass is 285 g/mol. The first-order valence-corrected chi connectivity index (χ1v) is 8.06. The van der Waals surface area contributed by atoms with Crippen LogP contribution in [0.25, 0.3) is 0 Å². The minimum absolute atomic E-state index is 0.381. The number of nitrogens with one attached hydrogen (secondary N) is 1. The molecule has 1 aromatic rings. The molecule has 1 aliphatic carbocycles. The first-order valence-electron chi connectivity index (χ1n) is 6.80. The van der Waals surface area contributed by atoms with Crippen molar-refractivity contribution in [3.63, 3.8) is 0 Å². The maximum absolute atomic E-state index is 6.34. The summed E-state index contributed by atoms with van der Waals surface area (Å²) in [5.41, 5.74) is 0.761. The molecule has 1 unspecified atom stereocenters. The number of hydrogen-bond acceptors (Lipinski definition) is 2. The fourth-order valence-corrected chi connectivity index (χ4v) is 4.56. The summed E-state index contributed by atoms with van der Waals surface area (Å²) in [4.78, 5) is 1.31. The van der Waals surface area contributed by atoms with E-state index in [0.717, 1.165) is 18.0 Å². The van der Waals surface area contributed by atoms with Crippen molar-refractivity contribution in [2.45, 2.75) is 47.1 Å². The van der Waals surface area contributed by atoms with Gasteiger partial charge in [0, 0.05) is 10.9 Å². The molecule has 3 heteroatoms. The van der Waals surface area contributed by atoms with Crippen molar-refractivity contribution in [3.8, 4) is 0 Å². The van der Waals surface area contributed by atoms with Gasteiger partial charge in [0.25, 0.3) is 0 Å². The van der Waals surface area contributed by atoms with E-state index in [4.69, 9.17) is 11.6 Å². The minimum atomic E-state index is 0.381. The maximum atomic E-state index is 6.34. The zero-order valence-electron chi connectivity index (χ0n) is 12.0. The highest BCUT2D eigenvalue weighted by Crippen LogP contribution is 2.72. The summed E-state index contributed by atoms with van der Waals surface area (Å²) < 4.78 is 0. The zero-order chi connectivity index (χ0) is 13.6. The zero-order valence-corrected chi connectivity index (χ0v) is 13.6. The van der Waals surface area contributed by atoms with Gasteiger partial charge in [-0.3, -0.25) is 0 Å². The highest BCUT2D eigenvalue weighted by atomic mass is 35.5. The Bertz CT molecular complexity index is 408. The van der Waals surface area contributed by atoms with Crippen molar-refractivity contribution < 1.29 is 0 Å². The van der Waals surface area contributed by atoms with E-state index in [0.29, 0.717) is 22.8 Å². The Morgan fingerprint density at radius 2 is 1.94 bits per heavy atom. The van der Waals surface area contributed by atoms with Gasteiger partial charge in [-0.05, 0) is 41.2 Å². The topological polar surface area (TPSA) is 12.0 Å². The van der Waals surface area contributed by atoms with Crippen LogP contribution in [0.2, 0.25) is 5.02 Å². The van der Waals surface area contributed by atoms with Crippen LogP contribution in [0.15, 0.2) is 11.4 Å². The summed E-state index contributed by atoms with van der Waals surface area (Å²) in [6.07, 6.45) is 1.16. The third kappa shape index (κ3) is 2.13. The molecule has 0 bridgehead atoms. The third-order valence-corrected chi connectivity index (χ3v) is 6.45. The first-order chi connectivity index (χ1) is 8.34. The normalized spacial score (nSPS) is 23.0. The van der Waals surface area contributed by atoms with Gasteiger partial charge in [-0.2, -0.15) is 0 Å². The van der Waals surface area contributed by atoms with Crippen molar-refractivity contribution in [2.24, 2.45) is 16.7 Å². The molecule has 18 heavy (non-hydrogen) atoms. The van der Waals surface area contributed by atoms with E-state index in [1.165, 1.54) is 4.88 Å². The average molecular weight is 286 g/mol. The number of thiophene rings is 1. The van der Waals surface area contributed by atoms with Crippen molar-refractivity contribution >= 4 is 22.9 Å². The van der Waals surface area contributed by atoms with Gasteiger partial charge >= 0.3 is 0 Å². The summed E-state index contributed by atoms with van der Waals surface area (Å²) in [6.45, 7) is 12.8. The second-order valence-corrected chi connectivity index (χ2v) is 7.84. The molecule has 0 saturated heterocycles. The molecule has 2 rings (SSSR count). The summed E-state index contributed by atoms with van der Waals surface area (Å²) in [7, 11) is 0. The van der Waals surface area contributed by atoms with Crippen LogP contribution < -0.4 is 5.32 Å². The third-order valence-electron chi connectivity index (χ3n) is 5.01. The lowest BCUT2D eigenvalue weighted by atomic mass is 10.0. The van der Waals surface area contributed by atoms with Crippen LogP contribution in [-0.2, 0) is 0 Å². The van der Waals surface area contributed by atoms with Crippen LogP contribution in [0.3, 0.4) is 0 Å². The molecule has 1 fully saturated rings. The number of rotatable bonds is 5. The Kier molecular flexibility index (Phi) is 3.84. The summed E-state index contributed by atoms with van der Waals surface area (Å²) in [5, 5.41) is 6.73. The van der Waals surface area contributed by atoms with Crippen LogP contribution >= 0.6 is 22.9 Å². The Balaban J connectivity index is 2.26. The van der Waals surface area contributed by atoms with E-state index in [1.54, 1.807) is 11.3 Å². The summed E-state index contributed by atoms with van der Waals surface area (Å²) >= 11 is 8.13. The van der Waals surface area contributed by atoms with E-state index in [9.17, 15) is 0 Å². The molecule has 0 aliphatic heterocycles. The lowest BCUT2D eigenvalue weighted by Crippen LogP contribution is -2.25. The highest BCUT2D eigenvalue weighted by molar-refractivity contribution is 7.10. The molecule has 1 saturated carbocycles. The Morgan fingerprint density at radius 3 is 2.33 bits per heavy atom. The lowest BCUT2D eigenvalue weighted by molar-refractivity contribution is 0.415. The van der Waals surface area contributed by atoms with Crippen molar-refractivity contribution in [1.82, 2.24) is 5.32 Å². The van der Waals surface area contributed by atoms with Crippen molar-refractivity contribution in [3.05, 3.63) is 21.3 Å². The predicted molar refractivity (Wildman–Crippen MR) is 81.4 cm³/mol. The van der Waals surface area contributed by atoms with Gasteiger partial charge in [-0.25, -0.2) is 0 Å². The second kappa shape index (κ2) is 4.81. The lowest BCUT2D eigenvalue weighted by Gasteiger charge is -2.20. The Morgan fingerprint density at radius 1 is 1.33 bits per heavy atom. The van der Waals surface area contributed by atoms with Gasteiger partial charge in [0.1, 0.15) is 0 Å². The molecule has 1 N–H and O–H groups in total. The minimum Gasteiger partial charge on any atom is -0.309 e. The fraction of sp³-hybridized carbons (Fsp3) is 0.733. The molecule has 1 atom stereocenters. The smallest absolute Gasteiger partial charge is 0.0561 e. The highest BCUT2D eigenvalue weighted by Gasteiger charge is 2.67. The van der Waals surface area contributed by atoms with Crippen LogP contribution in [0, 0.1) is 16.7 Å². The molecule has 1 heterocycles. The van der Waals surface area contributed by atoms with Gasteiger partial charge < -0.3 is 5.32 Å².